The van der Waals surface area contributed by atoms with E-state index >= 15 is 0 Å². The molecule has 6 nitrogen and oxygen atoms in total. The zero-order valence-electron chi connectivity index (χ0n) is 10.5. The number of quaternary nitrogens is 1. The van der Waals surface area contributed by atoms with Crippen LogP contribution in [0.5, 0.6) is 11.5 Å². The maximum absolute atomic E-state index is 12.3. The van der Waals surface area contributed by atoms with Crippen LogP contribution in [0.3, 0.4) is 0 Å². The highest BCUT2D eigenvalue weighted by Crippen LogP contribution is 2.40. The molecule has 0 fully saturated rings. The Kier molecular flexibility index (Phi) is 2.36. The normalized spacial score (nSPS) is 20.5. The van der Waals surface area contributed by atoms with Crippen molar-refractivity contribution in [2.45, 2.75) is 0 Å². The smallest absolute Gasteiger partial charge is 0.296 e. The topological polar surface area (TPSA) is 82.9 Å². The maximum atomic E-state index is 12.3. The van der Waals surface area contributed by atoms with E-state index in [-0.39, 0.29) is 17.1 Å². The highest BCUT2D eigenvalue weighted by Gasteiger charge is 2.36. The van der Waals surface area contributed by atoms with Crippen molar-refractivity contribution in [3.8, 4) is 11.5 Å². The molecule has 1 amide bonds. The van der Waals surface area contributed by atoms with Crippen molar-refractivity contribution in [1.29, 1.82) is 0 Å². The lowest BCUT2D eigenvalue weighted by atomic mass is 9.91. The molecule has 1 unspecified atom stereocenters. The molecule has 0 saturated carbocycles. The molecule has 0 bridgehead atoms. The van der Waals surface area contributed by atoms with Gasteiger partial charge in [0.15, 0.2) is 0 Å². The van der Waals surface area contributed by atoms with E-state index in [1.807, 2.05) is 13.1 Å². The summed E-state index contributed by atoms with van der Waals surface area (Å²) in [7, 11) is 3.21. The van der Waals surface area contributed by atoms with Crippen LogP contribution in [-0.4, -0.2) is 32.4 Å². The van der Waals surface area contributed by atoms with Gasteiger partial charge in [0.1, 0.15) is 18.0 Å². The zero-order chi connectivity index (χ0) is 13.7. The summed E-state index contributed by atoms with van der Waals surface area (Å²) in [4.78, 5) is 24.4. The first-order valence-corrected chi connectivity index (χ1v) is 5.85. The number of ketones is 1. The fourth-order valence-corrected chi connectivity index (χ4v) is 2.53. The average Bonchev–Trinajstić information content (AvgIpc) is 2.40. The van der Waals surface area contributed by atoms with E-state index in [1.54, 1.807) is 0 Å². The lowest BCUT2D eigenvalue weighted by molar-refractivity contribution is -0.805. The van der Waals surface area contributed by atoms with Crippen molar-refractivity contribution >= 4 is 23.1 Å². The van der Waals surface area contributed by atoms with Gasteiger partial charge in [0.2, 0.25) is 0 Å². The van der Waals surface area contributed by atoms with Crippen molar-refractivity contribution in [3.63, 3.8) is 0 Å². The van der Waals surface area contributed by atoms with Gasteiger partial charge >= 0.3 is 0 Å². The Balaban J connectivity index is 2.39. The number of benzene rings is 1. The molecule has 2 heterocycles. The summed E-state index contributed by atoms with van der Waals surface area (Å²) in [5, 5.41) is 14.8. The molecule has 0 radical (unpaired) electrons. The van der Waals surface area contributed by atoms with Gasteiger partial charge in [-0.05, 0) is 17.9 Å². The Bertz CT molecular complexity index is 649. The number of likely N-dealkylation sites (N-methyl/N-ethyl adjacent to an activating group) is 1. The summed E-state index contributed by atoms with van der Waals surface area (Å²) in [6.07, 6.45) is 1.82. The molecule has 2 aliphatic heterocycles. The summed E-state index contributed by atoms with van der Waals surface area (Å²) in [5.74, 6) is -1.46. The molecule has 2 aliphatic rings. The predicted molar refractivity (Wildman–Crippen MR) is 64.3 cm³/mol. The Hall–Kier alpha value is -2.34. The van der Waals surface area contributed by atoms with E-state index < -0.39 is 11.7 Å². The second kappa shape index (κ2) is 3.83. The highest BCUT2D eigenvalue weighted by atomic mass is 16.5. The number of ether oxygens (including phenoxy) is 1. The Labute approximate surface area is 109 Å². The third kappa shape index (κ3) is 1.47. The lowest BCUT2D eigenvalue weighted by Crippen LogP contribution is -3.04. The molecule has 3 rings (SSSR count). The molecule has 1 atom stereocenters. The maximum Gasteiger partial charge on any atom is 0.296 e. The van der Waals surface area contributed by atoms with Crippen molar-refractivity contribution in [3.05, 3.63) is 23.3 Å². The van der Waals surface area contributed by atoms with Crippen molar-refractivity contribution in [2.24, 2.45) is 0 Å². The minimum Gasteiger partial charge on any atom is -0.866 e. The molecule has 1 aromatic rings. The van der Waals surface area contributed by atoms with E-state index in [9.17, 15) is 14.7 Å². The molecule has 0 aromatic heterocycles. The minimum atomic E-state index is -0.676. The van der Waals surface area contributed by atoms with E-state index in [2.05, 4.69) is 5.32 Å². The average molecular weight is 260 g/mol. The van der Waals surface area contributed by atoms with E-state index in [0.717, 1.165) is 4.90 Å². The van der Waals surface area contributed by atoms with Gasteiger partial charge in [-0.25, -0.2) is 0 Å². The molecule has 0 saturated heterocycles. The number of methoxy groups -OCH3 is 1. The van der Waals surface area contributed by atoms with Crippen LogP contribution in [0.25, 0.3) is 5.70 Å². The van der Waals surface area contributed by atoms with Gasteiger partial charge in [-0.2, -0.15) is 0 Å². The number of carbonyl (C=O) groups excluding carboxylic acids is 2. The number of Topliss-reactive ketones (excluding diaryl/α,β-unsaturated/α-hetero) is 1. The molecule has 6 heteroatoms. The van der Waals surface area contributed by atoms with Gasteiger partial charge in [-0.3, -0.25) is 9.59 Å². The van der Waals surface area contributed by atoms with Crippen LogP contribution in [0.15, 0.2) is 12.1 Å². The van der Waals surface area contributed by atoms with E-state index in [1.165, 1.54) is 13.2 Å². The molecule has 1 aromatic carbocycles. The summed E-state index contributed by atoms with van der Waals surface area (Å²) in [6.45, 7) is 0.568. The van der Waals surface area contributed by atoms with Crippen LogP contribution < -0.4 is 20.1 Å². The van der Waals surface area contributed by atoms with Gasteiger partial charge in [-0.1, -0.05) is 0 Å². The zero-order valence-corrected chi connectivity index (χ0v) is 10.5. The van der Waals surface area contributed by atoms with E-state index in [0.29, 0.717) is 23.5 Å². The first kappa shape index (κ1) is 11.7. The van der Waals surface area contributed by atoms with Gasteiger partial charge in [0, 0.05) is 5.56 Å². The predicted octanol–water partition coefficient (Wildman–Crippen LogP) is -1.42. The standard InChI is InChI=1S/C13H12N2O4/c1-15-4-3-7-9-6(11(16)13(18)14-7)5-8(19-2)12(17)10(9)15/h3,5,17H,4H2,1-2H3,(H,14,18). The number of rotatable bonds is 1. The van der Waals surface area contributed by atoms with Crippen LogP contribution in [0, 0.1) is 0 Å². The molecule has 0 spiro atoms. The van der Waals surface area contributed by atoms with Crippen LogP contribution in [0.1, 0.15) is 15.9 Å². The van der Waals surface area contributed by atoms with Gasteiger partial charge in [0.05, 0.1) is 25.4 Å². The number of carbonyl (C=O) groups is 2. The van der Waals surface area contributed by atoms with Crippen LogP contribution >= 0.6 is 0 Å². The lowest BCUT2D eigenvalue weighted by Gasteiger charge is -2.31. The fraction of sp³-hybridized carbons (Fsp3) is 0.231. The summed E-state index contributed by atoms with van der Waals surface area (Å²) in [5.41, 5.74) is 1.78. The summed E-state index contributed by atoms with van der Waals surface area (Å²) >= 11 is 0. The second-order valence-corrected chi connectivity index (χ2v) is 4.59. The van der Waals surface area contributed by atoms with Crippen LogP contribution in [0.2, 0.25) is 0 Å². The van der Waals surface area contributed by atoms with Crippen molar-refractivity contribution in [2.75, 3.05) is 20.7 Å². The third-order valence-corrected chi connectivity index (χ3v) is 3.47. The number of nitrogens with one attached hydrogen (secondary N) is 2. The Morgan fingerprint density at radius 1 is 1.42 bits per heavy atom. The Morgan fingerprint density at radius 2 is 2.16 bits per heavy atom. The van der Waals surface area contributed by atoms with Crippen molar-refractivity contribution in [1.82, 2.24) is 5.32 Å². The first-order valence-electron chi connectivity index (χ1n) is 5.85. The summed E-state index contributed by atoms with van der Waals surface area (Å²) < 4.78 is 5.02. The number of amides is 1. The molecular formula is C13H12N2O4. The first-order chi connectivity index (χ1) is 9.04. The fourth-order valence-electron chi connectivity index (χ4n) is 2.53. The van der Waals surface area contributed by atoms with Crippen LogP contribution in [-0.2, 0) is 4.79 Å². The molecule has 2 N–H and O–H groups in total. The highest BCUT2D eigenvalue weighted by molar-refractivity contribution is 6.46. The quantitative estimate of drug-likeness (QED) is 0.607. The third-order valence-electron chi connectivity index (χ3n) is 3.47. The number of hydrogen-bond donors (Lipinski definition) is 2. The van der Waals surface area contributed by atoms with E-state index in [4.69, 9.17) is 4.74 Å². The number of hydrogen-bond acceptors (Lipinski definition) is 4. The van der Waals surface area contributed by atoms with Crippen molar-refractivity contribution < 1.29 is 24.3 Å². The summed E-state index contributed by atoms with van der Waals surface area (Å²) in [6, 6.07) is 1.36. The monoisotopic (exact) mass is 260 g/mol. The molecule has 98 valence electrons. The van der Waals surface area contributed by atoms with Gasteiger partial charge in [0.25, 0.3) is 11.7 Å². The minimum absolute atomic E-state index is 0.0948. The second-order valence-electron chi connectivity index (χ2n) is 4.59. The molecule has 0 aliphatic carbocycles. The van der Waals surface area contributed by atoms with Gasteiger partial charge < -0.3 is 20.1 Å². The largest absolute Gasteiger partial charge is 0.866 e. The van der Waals surface area contributed by atoms with Crippen LogP contribution in [0.4, 0.5) is 5.69 Å². The SMILES string of the molecule is COc1cc2c3c(c1[O-])[NH+](C)CC=C3NC(=O)C2=O. The van der Waals surface area contributed by atoms with Gasteiger partial charge in [-0.15, -0.1) is 0 Å². The molecule has 19 heavy (non-hydrogen) atoms. The molecular weight excluding hydrogens is 248 g/mol. The Morgan fingerprint density at radius 3 is 2.84 bits per heavy atom.